The number of morpholine rings is 1. The molecule has 1 aliphatic heterocycles. The van der Waals surface area contributed by atoms with Crippen LogP contribution in [-0.2, 0) is 19.6 Å². The van der Waals surface area contributed by atoms with Crippen molar-refractivity contribution in [3.8, 4) is 0 Å². The van der Waals surface area contributed by atoms with Gasteiger partial charge < -0.3 is 15.8 Å². The van der Waals surface area contributed by atoms with Crippen molar-refractivity contribution in [1.82, 2.24) is 9.29 Å². The summed E-state index contributed by atoms with van der Waals surface area (Å²) in [6, 6.07) is 9.34. The average molecular weight is 451 g/mol. The molecule has 0 bridgehead atoms. The van der Waals surface area contributed by atoms with Gasteiger partial charge in [-0.15, -0.1) is 0 Å². The summed E-state index contributed by atoms with van der Waals surface area (Å²) < 4.78 is 31.8. The molecule has 2 aromatic rings. The number of rotatable bonds is 7. The average Bonchev–Trinajstić information content (AvgIpc) is 2.75. The number of anilines is 1. The standard InChI is InChI=1S/C19H22N4O5S2/c1-13(19(25)22-15-4-2-14(3-5-15)18(20)24)29-17-7-6-16(12-21-17)30(26,27)23-8-10-28-11-9-23/h2-7,12-13H,8-11H2,1H3,(H2,20,24)(H,22,25). The Labute approximate surface area is 179 Å². The minimum Gasteiger partial charge on any atom is -0.379 e. The third-order valence-electron chi connectivity index (χ3n) is 4.42. The third-order valence-corrected chi connectivity index (χ3v) is 7.35. The van der Waals surface area contributed by atoms with Crippen LogP contribution >= 0.6 is 11.8 Å². The van der Waals surface area contributed by atoms with Crippen molar-refractivity contribution in [3.05, 3.63) is 48.2 Å². The van der Waals surface area contributed by atoms with Gasteiger partial charge in [-0.05, 0) is 43.3 Å². The molecule has 1 aromatic carbocycles. The zero-order chi connectivity index (χ0) is 21.7. The summed E-state index contributed by atoms with van der Waals surface area (Å²) in [5, 5.41) is 2.81. The number of nitrogens with one attached hydrogen (secondary N) is 1. The third kappa shape index (κ3) is 5.36. The molecule has 2 heterocycles. The van der Waals surface area contributed by atoms with Crippen LogP contribution < -0.4 is 11.1 Å². The number of amides is 2. The number of thioether (sulfide) groups is 1. The van der Waals surface area contributed by atoms with Crippen molar-refractivity contribution in [2.45, 2.75) is 22.1 Å². The van der Waals surface area contributed by atoms with Gasteiger partial charge in [0.1, 0.15) is 4.90 Å². The lowest BCUT2D eigenvalue weighted by molar-refractivity contribution is -0.115. The predicted octanol–water partition coefficient (Wildman–Crippen LogP) is 1.32. The van der Waals surface area contributed by atoms with Crippen molar-refractivity contribution in [3.63, 3.8) is 0 Å². The van der Waals surface area contributed by atoms with Gasteiger partial charge in [0.2, 0.25) is 21.8 Å². The summed E-state index contributed by atoms with van der Waals surface area (Å²) in [6.45, 7) is 3.10. The number of ether oxygens (including phenoxy) is 1. The number of aromatic nitrogens is 1. The molecule has 1 saturated heterocycles. The SMILES string of the molecule is CC(Sc1ccc(S(=O)(=O)N2CCOCC2)cn1)C(=O)Nc1ccc(C(N)=O)cc1. The highest BCUT2D eigenvalue weighted by molar-refractivity contribution is 8.00. The number of pyridine rings is 1. The largest absolute Gasteiger partial charge is 0.379 e. The van der Waals surface area contributed by atoms with Gasteiger partial charge in [0.25, 0.3) is 0 Å². The first-order valence-electron chi connectivity index (χ1n) is 9.19. The van der Waals surface area contributed by atoms with E-state index in [2.05, 4.69) is 10.3 Å². The van der Waals surface area contributed by atoms with Crippen LogP contribution in [-0.4, -0.2) is 61.1 Å². The fraction of sp³-hybridized carbons (Fsp3) is 0.316. The highest BCUT2D eigenvalue weighted by Gasteiger charge is 2.26. The molecule has 1 aliphatic rings. The Hall–Kier alpha value is -2.47. The van der Waals surface area contributed by atoms with Crippen LogP contribution in [0.2, 0.25) is 0 Å². The Morgan fingerprint density at radius 2 is 1.83 bits per heavy atom. The molecule has 1 unspecified atom stereocenters. The molecular weight excluding hydrogens is 428 g/mol. The van der Waals surface area contributed by atoms with E-state index in [1.165, 1.54) is 40.5 Å². The first-order valence-corrected chi connectivity index (χ1v) is 11.5. The van der Waals surface area contributed by atoms with Crippen LogP contribution in [0.1, 0.15) is 17.3 Å². The second-order valence-corrected chi connectivity index (χ2v) is 9.84. The lowest BCUT2D eigenvalue weighted by Crippen LogP contribution is -2.40. The lowest BCUT2D eigenvalue weighted by Gasteiger charge is -2.25. The minimum absolute atomic E-state index is 0.111. The monoisotopic (exact) mass is 450 g/mol. The van der Waals surface area contributed by atoms with Gasteiger partial charge in [-0.25, -0.2) is 13.4 Å². The number of benzene rings is 1. The second kappa shape index (κ2) is 9.56. The van der Waals surface area contributed by atoms with Crippen molar-refractivity contribution in [2.75, 3.05) is 31.6 Å². The van der Waals surface area contributed by atoms with E-state index in [0.717, 1.165) is 0 Å². The van der Waals surface area contributed by atoms with E-state index < -0.39 is 21.2 Å². The van der Waals surface area contributed by atoms with E-state index >= 15 is 0 Å². The summed E-state index contributed by atoms with van der Waals surface area (Å²) >= 11 is 1.21. The molecule has 160 valence electrons. The Morgan fingerprint density at radius 3 is 2.40 bits per heavy atom. The molecule has 30 heavy (non-hydrogen) atoms. The summed E-state index contributed by atoms with van der Waals surface area (Å²) in [7, 11) is -3.60. The van der Waals surface area contributed by atoms with E-state index in [1.807, 2.05) is 0 Å². The molecule has 0 radical (unpaired) electrons. The summed E-state index contributed by atoms with van der Waals surface area (Å²) in [5.74, 6) is -0.791. The van der Waals surface area contributed by atoms with E-state index in [0.29, 0.717) is 42.6 Å². The second-order valence-electron chi connectivity index (χ2n) is 6.54. The van der Waals surface area contributed by atoms with E-state index in [-0.39, 0.29) is 10.8 Å². The Morgan fingerprint density at radius 1 is 1.17 bits per heavy atom. The first-order chi connectivity index (χ1) is 14.3. The molecule has 0 aliphatic carbocycles. The molecule has 0 spiro atoms. The van der Waals surface area contributed by atoms with Crippen LogP contribution in [0.25, 0.3) is 0 Å². The highest BCUT2D eigenvalue weighted by Crippen LogP contribution is 2.24. The van der Waals surface area contributed by atoms with E-state index in [1.54, 1.807) is 25.1 Å². The molecule has 1 aromatic heterocycles. The molecular formula is C19H22N4O5S2. The summed E-state index contributed by atoms with van der Waals surface area (Å²) in [6.07, 6.45) is 1.31. The normalized spacial score (nSPS) is 16.0. The number of sulfonamides is 1. The molecule has 11 heteroatoms. The smallest absolute Gasteiger partial charge is 0.248 e. The van der Waals surface area contributed by atoms with Gasteiger partial charge in [-0.2, -0.15) is 4.31 Å². The predicted molar refractivity (Wildman–Crippen MR) is 113 cm³/mol. The van der Waals surface area contributed by atoms with Gasteiger partial charge >= 0.3 is 0 Å². The van der Waals surface area contributed by atoms with Crippen LogP contribution in [0.4, 0.5) is 5.69 Å². The Bertz CT molecular complexity index is 1000. The number of hydrogen-bond acceptors (Lipinski definition) is 7. The number of carbonyl (C=O) groups is 2. The number of carbonyl (C=O) groups excluding carboxylic acids is 2. The molecule has 2 amide bonds. The molecule has 9 nitrogen and oxygen atoms in total. The van der Waals surface area contributed by atoms with Crippen LogP contribution in [0.15, 0.2) is 52.5 Å². The maximum atomic E-state index is 12.6. The zero-order valence-electron chi connectivity index (χ0n) is 16.3. The topological polar surface area (TPSA) is 132 Å². The van der Waals surface area contributed by atoms with Crippen LogP contribution in [0.3, 0.4) is 0 Å². The lowest BCUT2D eigenvalue weighted by atomic mass is 10.2. The molecule has 3 N–H and O–H groups in total. The number of nitrogens with zero attached hydrogens (tertiary/aromatic N) is 2. The molecule has 3 rings (SSSR count). The maximum absolute atomic E-state index is 12.6. The van der Waals surface area contributed by atoms with Gasteiger partial charge in [-0.3, -0.25) is 9.59 Å². The van der Waals surface area contributed by atoms with Crippen LogP contribution in [0, 0.1) is 0 Å². The van der Waals surface area contributed by atoms with E-state index in [4.69, 9.17) is 10.5 Å². The van der Waals surface area contributed by atoms with Crippen molar-refractivity contribution in [2.24, 2.45) is 5.73 Å². The molecule has 1 atom stereocenters. The molecule has 1 fully saturated rings. The maximum Gasteiger partial charge on any atom is 0.248 e. The number of primary amides is 1. The van der Waals surface area contributed by atoms with E-state index in [9.17, 15) is 18.0 Å². The Kier molecular flexibility index (Phi) is 7.08. The fourth-order valence-corrected chi connectivity index (χ4v) is 4.86. The quantitative estimate of drug-likeness (QED) is 0.608. The van der Waals surface area contributed by atoms with Crippen LogP contribution in [0.5, 0.6) is 0 Å². The van der Waals surface area contributed by atoms with Crippen molar-refractivity contribution < 1.29 is 22.7 Å². The molecule has 0 saturated carbocycles. The number of hydrogen-bond donors (Lipinski definition) is 2. The fourth-order valence-electron chi connectivity index (χ4n) is 2.72. The van der Waals surface area contributed by atoms with Crippen molar-refractivity contribution in [1.29, 1.82) is 0 Å². The van der Waals surface area contributed by atoms with Gasteiger partial charge in [0, 0.05) is 30.5 Å². The van der Waals surface area contributed by atoms with Crippen molar-refractivity contribution >= 4 is 39.3 Å². The summed E-state index contributed by atoms with van der Waals surface area (Å²) in [4.78, 5) is 27.8. The minimum atomic E-state index is -3.60. The number of nitrogens with two attached hydrogens (primary N) is 1. The highest BCUT2D eigenvalue weighted by atomic mass is 32.2. The van der Waals surface area contributed by atoms with Gasteiger partial charge in [-0.1, -0.05) is 11.8 Å². The summed E-state index contributed by atoms with van der Waals surface area (Å²) in [5.41, 5.74) is 6.09. The zero-order valence-corrected chi connectivity index (χ0v) is 17.9. The first kappa shape index (κ1) is 22.2. The van der Waals surface area contributed by atoms with Gasteiger partial charge in [0.15, 0.2) is 0 Å². The Balaban J connectivity index is 1.60. The van der Waals surface area contributed by atoms with Gasteiger partial charge in [0.05, 0.1) is 23.5 Å².